The molecule has 0 radical (unpaired) electrons. The monoisotopic (exact) mass is 926 g/mol. The molecule has 0 aromatic heterocycles. The predicted molar refractivity (Wildman–Crippen MR) is 273 cm³/mol. The van der Waals surface area contributed by atoms with Gasteiger partial charge >= 0.3 is 5.97 Å². The van der Waals surface area contributed by atoms with Crippen LogP contribution in [0.1, 0.15) is 85.3 Å². The molecule has 0 saturated carbocycles. The van der Waals surface area contributed by atoms with E-state index in [4.69, 9.17) is 38.4 Å². The molecule has 0 aliphatic carbocycles. The molecule has 12 nitrogen and oxygen atoms in total. The number of allylic oxidation sites excluding steroid dienone is 1. The zero-order chi connectivity index (χ0) is 49.5. The molecule has 0 saturated heterocycles. The molecule has 0 amide bonds. The third-order valence-electron chi connectivity index (χ3n) is 9.85. The first-order chi connectivity index (χ1) is 33.3. The van der Waals surface area contributed by atoms with Gasteiger partial charge in [0.1, 0.15) is 29.8 Å². The van der Waals surface area contributed by atoms with Crippen LogP contribution in [0.4, 0.5) is 0 Å². The van der Waals surface area contributed by atoms with E-state index in [0.717, 1.165) is 110 Å². The van der Waals surface area contributed by atoms with Crippen LogP contribution in [0.2, 0.25) is 0 Å². The quantitative estimate of drug-likeness (QED) is 0.0141. The van der Waals surface area contributed by atoms with Gasteiger partial charge in [0, 0.05) is 30.9 Å². The average Bonchev–Trinajstić information content (AvgIpc) is 3.39. The summed E-state index contributed by atoms with van der Waals surface area (Å²) < 4.78 is 27.0. The van der Waals surface area contributed by atoms with Gasteiger partial charge in [0.2, 0.25) is 0 Å². The van der Waals surface area contributed by atoms with Crippen LogP contribution in [0.5, 0.6) is 17.2 Å². The van der Waals surface area contributed by atoms with Gasteiger partial charge in [-0.15, -0.1) is 0 Å². The molecular weight excluding hydrogens is 861 g/mol. The highest BCUT2D eigenvalue weighted by Crippen LogP contribution is 2.28. The number of rotatable bonds is 26. The third-order valence-corrected chi connectivity index (χ3v) is 9.85. The molecule has 0 atom stereocenters. The summed E-state index contributed by atoms with van der Waals surface area (Å²) in [5, 5.41) is 15.5. The van der Waals surface area contributed by atoms with Crippen LogP contribution < -0.4 is 14.2 Å². The molecule has 1 N–H and O–H groups in total. The van der Waals surface area contributed by atoms with Crippen LogP contribution in [0.15, 0.2) is 151 Å². The van der Waals surface area contributed by atoms with E-state index in [9.17, 15) is 9.59 Å². The van der Waals surface area contributed by atoms with E-state index in [1.54, 1.807) is 38.8 Å². The lowest BCUT2D eigenvalue weighted by atomic mass is 9.97. The van der Waals surface area contributed by atoms with Gasteiger partial charge in [0.15, 0.2) is 0 Å². The minimum absolute atomic E-state index is 0.250. The van der Waals surface area contributed by atoms with Crippen LogP contribution in [0.25, 0.3) is 22.3 Å². The fourth-order valence-electron chi connectivity index (χ4n) is 6.33. The summed E-state index contributed by atoms with van der Waals surface area (Å²) in [5.74, 6) is 2.02. The summed E-state index contributed by atoms with van der Waals surface area (Å²) in [6.07, 6.45) is 16.6. The lowest BCUT2D eigenvalue weighted by Gasteiger charge is -2.10. The molecule has 0 spiro atoms. The standard InChI is InChI=1S/C38H40N2O4.C14H20O3.C3H4O.CH2O2/c1-4-30-12-8-9-13-36(30)32-16-14-29(15-17-32)27-39-40-28-34-26-33(20-23-37(34)42-3)31-18-21-35(22-19-31)43-24-10-6-7-11-25-44-38(41)5-2;1-16-10-4-2-3-5-11-17-14-8-6-13(12-15)7-9-14;1-2-3-4;2-1-3/h5,8-9,12-23,26-28H,2,4,6-7,10-11,24-25H2,1,3H3;6-9,12H,2-5,10-11H2,1H3;2-3H,1H2;1H,(H,2,3)/b39-27+,40-28+;;;. The number of hydrogen-bond acceptors (Lipinski definition) is 11. The van der Waals surface area contributed by atoms with Crippen molar-refractivity contribution in [1.29, 1.82) is 0 Å². The molecule has 5 rings (SSSR count). The number of aryl methyl sites for hydroxylation is 1. The van der Waals surface area contributed by atoms with E-state index in [-0.39, 0.29) is 12.4 Å². The highest BCUT2D eigenvalue weighted by Gasteiger charge is 2.07. The van der Waals surface area contributed by atoms with Crippen molar-refractivity contribution in [3.63, 3.8) is 0 Å². The molecule has 0 unspecified atom stereocenters. The molecule has 5 aromatic carbocycles. The first kappa shape index (κ1) is 56.7. The summed E-state index contributed by atoms with van der Waals surface area (Å²) >= 11 is 0. The number of methoxy groups -OCH3 is 2. The molecule has 0 aliphatic heterocycles. The number of unbranched alkanes of at least 4 members (excludes halogenated alkanes) is 6. The zero-order valence-electron chi connectivity index (χ0n) is 39.6. The second-order valence-corrected chi connectivity index (χ2v) is 14.7. The fourth-order valence-corrected chi connectivity index (χ4v) is 6.33. The summed E-state index contributed by atoms with van der Waals surface area (Å²) in [6.45, 7) is 11.1. The van der Waals surface area contributed by atoms with Crippen molar-refractivity contribution in [2.75, 3.05) is 40.6 Å². The minimum atomic E-state index is -0.368. The highest BCUT2D eigenvalue weighted by molar-refractivity contribution is 5.87. The second-order valence-electron chi connectivity index (χ2n) is 14.7. The van der Waals surface area contributed by atoms with Crippen molar-refractivity contribution in [2.24, 2.45) is 10.2 Å². The second kappa shape index (κ2) is 36.7. The highest BCUT2D eigenvalue weighted by atomic mass is 16.5. The summed E-state index contributed by atoms with van der Waals surface area (Å²) in [6, 6.07) is 38.1. The largest absolute Gasteiger partial charge is 0.496 e. The normalized spacial score (nSPS) is 10.2. The molecule has 0 fully saturated rings. The van der Waals surface area contributed by atoms with E-state index in [1.807, 2.05) is 54.6 Å². The van der Waals surface area contributed by atoms with Crippen LogP contribution in [-0.4, -0.2) is 83.2 Å². The van der Waals surface area contributed by atoms with Gasteiger partial charge in [-0.2, -0.15) is 10.2 Å². The van der Waals surface area contributed by atoms with Crippen LogP contribution in [0, 0.1) is 0 Å². The van der Waals surface area contributed by atoms with Crippen molar-refractivity contribution in [3.8, 4) is 39.5 Å². The smallest absolute Gasteiger partial charge is 0.330 e. The first-order valence-electron chi connectivity index (χ1n) is 22.6. The Balaban J connectivity index is 0.000000545. The Hall–Kier alpha value is -7.44. The SMILES string of the molecule is C=CC(=O)OCCCCCCOc1ccc(-c2ccc(OC)c(/C=N/N=C/c3ccc(-c4ccccc4CC)cc3)c2)cc1.C=CC=O.COCCCCCCOc1ccc(C=O)cc1.O=CO. The molecule has 12 heteroatoms. The van der Waals surface area contributed by atoms with Crippen LogP contribution >= 0.6 is 0 Å². The number of nitrogens with zero attached hydrogens (tertiary/aromatic N) is 2. The Bertz CT molecular complexity index is 2250. The molecule has 5 aromatic rings. The van der Waals surface area contributed by atoms with Crippen molar-refractivity contribution < 1.29 is 48.0 Å². The molecule has 0 aliphatic rings. The lowest BCUT2D eigenvalue weighted by molar-refractivity contribution is -0.137. The van der Waals surface area contributed by atoms with Crippen LogP contribution in [-0.2, 0) is 30.3 Å². The van der Waals surface area contributed by atoms with Gasteiger partial charge in [0.05, 0.1) is 39.4 Å². The number of aldehydes is 2. The number of esters is 1. The minimum Gasteiger partial charge on any atom is -0.496 e. The molecular formula is C56H66N2O10. The van der Waals surface area contributed by atoms with Gasteiger partial charge in [-0.25, -0.2) is 4.79 Å². The van der Waals surface area contributed by atoms with Crippen molar-refractivity contribution in [3.05, 3.63) is 163 Å². The van der Waals surface area contributed by atoms with E-state index in [2.05, 4.69) is 78.8 Å². The molecule has 68 heavy (non-hydrogen) atoms. The fraction of sp³-hybridized carbons (Fsp3) is 0.286. The molecule has 0 heterocycles. The number of carbonyl (C=O) groups is 4. The Kier molecular flexibility index (Phi) is 30.6. The number of carboxylic acid groups (broad SMARTS) is 1. The maximum atomic E-state index is 11.0. The maximum Gasteiger partial charge on any atom is 0.330 e. The van der Waals surface area contributed by atoms with Crippen molar-refractivity contribution >= 4 is 37.4 Å². The van der Waals surface area contributed by atoms with Gasteiger partial charge in [0.25, 0.3) is 6.47 Å². The predicted octanol–water partition coefficient (Wildman–Crippen LogP) is 11.9. The number of benzene rings is 5. The summed E-state index contributed by atoms with van der Waals surface area (Å²) in [4.78, 5) is 38.9. The van der Waals surface area contributed by atoms with E-state index >= 15 is 0 Å². The Morgan fingerprint density at radius 2 is 1.13 bits per heavy atom. The number of carbonyl (C=O) groups excluding carboxylic acids is 3. The topological polar surface area (TPSA) is 159 Å². The maximum absolute atomic E-state index is 11.0. The zero-order valence-corrected chi connectivity index (χ0v) is 39.6. The third kappa shape index (κ3) is 23.7. The molecule has 0 bridgehead atoms. The lowest BCUT2D eigenvalue weighted by Crippen LogP contribution is -2.02. The average molecular weight is 927 g/mol. The van der Waals surface area contributed by atoms with E-state index in [0.29, 0.717) is 25.1 Å². The Morgan fingerprint density at radius 1 is 0.618 bits per heavy atom. The van der Waals surface area contributed by atoms with Gasteiger partial charge in [-0.1, -0.05) is 93.2 Å². The number of ether oxygens (including phenoxy) is 5. The van der Waals surface area contributed by atoms with E-state index < -0.39 is 0 Å². The Morgan fingerprint density at radius 3 is 1.68 bits per heavy atom. The van der Waals surface area contributed by atoms with Crippen LogP contribution in [0.3, 0.4) is 0 Å². The van der Waals surface area contributed by atoms with Crippen molar-refractivity contribution in [1.82, 2.24) is 0 Å². The van der Waals surface area contributed by atoms with Gasteiger partial charge in [-0.05, 0) is 139 Å². The van der Waals surface area contributed by atoms with Gasteiger partial charge in [-0.3, -0.25) is 14.4 Å². The van der Waals surface area contributed by atoms with E-state index in [1.165, 1.54) is 35.3 Å². The number of hydrogen-bond donors (Lipinski definition) is 1. The summed E-state index contributed by atoms with van der Waals surface area (Å²) in [5.41, 5.74) is 8.41. The van der Waals surface area contributed by atoms with Gasteiger partial charge < -0.3 is 28.8 Å². The first-order valence-corrected chi connectivity index (χ1v) is 22.6. The van der Waals surface area contributed by atoms with Crippen molar-refractivity contribution in [2.45, 2.75) is 64.7 Å². The Labute approximate surface area is 402 Å². The summed E-state index contributed by atoms with van der Waals surface area (Å²) in [7, 11) is 3.38. The molecule has 360 valence electrons.